The van der Waals surface area contributed by atoms with Crippen LogP contribution in [0.25, 0.3) is 16.9 Å². The lowest BCUT2D eigenvalue weighted by Gasteiger charge is -2.13. The molecule has 0 aliphatic rings. The van der Waals surface area contributed by atoms with Crippen molar-refractivity contribution < 1.29 is 21.9 Å². The van der Waals surface area contributed by atoms with E-state index < -0.39 is 26.6 Å². The van der Waals surface area contributed by atoms with Crippen LogP contribution >= 0.6 is 0 Å². The summed E-state index contributed by atoms with van der Waals surface area (Å²) in [5.41, 5.74) is 2.06. The minimum absolute atomic E-state index is 0.0382. The summed E-state index contributed by atoms with van der Waals surface area (Å²) in [6.45, 7) is 3.95. The molecule has 0 amide bonds. The van der Waals surface area contributed by atoms with E-state index in [1.807, 2.05) is 13.8 Å². The number of hydrogen-bond acceptors (Lipinski definition) is 6. The molecule has 4 rings (SSSR count). The van der Waals surface area contributed by atoms with E-state index in [4.69, 9.17) is 4.74 Å². The third-order valence-electron chi connectivity index (χ3n) is 4.63. The van der Waals surface area contributed by atoms with Crippen LogP contribution in [0.3, 0.4) is 0 Å². The first-order valence-electron chi connectivity index (χ1n) is 10.1. The number of fused-ring (bicyclic) bond motifs is 1. The van der Waals surface area contributed by atoms with Crippen molar-refractivity contribution in [3.05, 3.63) is 66.1 Å². The first-order chi connectivity index (χ1) is 16.2. The smallest absolute Gasteiger partial charge is 0.264 e. The standard InChI is InChI=1S/C23H19F2N5O3S/c1-14(2)4-5-15-13-27-30-9-8-19(28-22(15)30)16-10-20(23(33-3)26-12-16)29-34(31,32)21-7-6-17(24)11-18(21)25/h6-14,29H,1-3H3. The van der Waals surface area contributed by atoms with E-state index in [-0.39, 0.29) is 17.5 Å². The van der Waals surface area contributed by atoms with Gasteiger partial charge in [-0.05, 0) is 24.3 Å². The van der Waals surface area contributed by atoms with Gasteiger partial charge in [0.2, 0.25) is 5.88 Å². The average Bonchev–Trinajstić information content (AvgIpc) is 3.19. The van der Waals surface area contributed by atoms with Gasteiger partial charge in [-0.2, -0.15) is 5.10 Å². The van der Waals surface area contributed by atoms with Crippen molar-refractivity contribution in [2.75, 3.05) is 11.8 Å². The molecule has 34 heavy (non-hydrogen) atoms. The fourth-order valence-electron chi connectivity index (χ4n) is 3.06. The largest absolute Gasteiger partial charge is 0.480 e. The SMILES string of the molecule is COc1ncc(-c2ccn3ncc(C#CC(C)C)c3n2)cc1NS(=O)(=O)c1ccc(F)cc1F. The highest BCUT2D eigenvalue weighted by Gasteiger charge is 2.22. The highest BCUT2D eigenvalue weighted by molar-refractivity contribution is 7.92. The normalized spacial score (nSPS) is 11.4. The van der Waals surface area contributed by atoms with Gasteiger partial charge in [0.25, 0.3) is 10.0 Å². The Kier molecular flexibility index (Phi) is 6.17. The number of ether oxygens (including phenoxy) is 1. The number of benzene rings is 1. The predicted molar refractivity (Wildman–Crippen MR) is 122 cm³/mol. The topological polar surface area (TPSA) is 98.5 Å². The van der Waals surface area contributed by atoms with Gasteiger partial charge in [0, 0.05) is 29.9 Å². The van der Waals surface area contributed by atoms with E-state index in [0.717, 1.165) is 12.1 Å². The van der Waals surface area contributed by atoms with Gasteiger partial charge < -0.3 is 4.74 Å². The zero-order valence-corrected chi connectivity index (χ0v) is 19.2. The Balaban J connectivity index is 1.75. The molecule has 0 spiro atoms. The van der Waals surface area contributed by atoms with Crippen LogP contribution in [0.5, 0.6) is 5.88 Å². The van der Waals surface area contributed by atoms with Crippen LogP contribution in [0.1, 0.15) is 19.4 Å². The molecule has 0 fully saturated rings. The minimum Gasteiger partial charge on any atom is -0.480 e. The molecule has 4 aromatic rings. The number of anilines is 1. The van der Waals surface area contributed by atoms with Gasteiger partial charge in [0.1, 0.15) is 22.2 Å². The fraction of sp³-hybridized carbons (Fsp3) is 0.174. The van der Waals surface area contributed by atoms with Gasteiger partial charge in [0.05, 0.1) is 24.6 Å². The summed E-state index contributed by atoms with van der Waals surface area (Å²) >= 11 is 0. The average molecular weight is 484 g/mol. The molecule has 0 atom stereocenters. The molecule has 174 valence electrons. The van der Waals surface area contributed by atoms with Crippen molar-refractivity contribution in [1.82, 2.24) is 19.6 Å². The van der Waals surface area contributed by atoms with Crippen molar-refractivity contribution in [2.45, 2.75) is 18.7 Å². The van der Waals surface area contributed by atoms with Crippen LogP contribution in [-0.2, 0) is 10.0 Å². The number of pyridine rings is 1. The molecule has 0 aliphatic heterocycles. The summed E-state index contributed by atoms with van der Waals surface area (Å²) < 4.78 is 61.8. The van der Waals surface area contributed by atoms with Crippen molar-refractivity contribution in [3.8, 4) is 29.0 Å². The molecule has 0 bridgehead atoms. The Morgan fingerprint density at radius 1 is 1.15 bits per heavy atom. The lowest BCUT2D eigenvalue weighted by atomic mass is 10.2. The zero-order valence-electron chi connectivity index (χ0n) is 18.4. The first-order valence-corrected chi connectivity index (χ1v) is 11.5. The number of halogens is 2. The third kappa shape index (κ3) is 4.67. The highest BCUT2D eigenvalue weighted by Crippen LogP contribution is 2.30. The second kappa shape index (κ2) is 9.07. The second-order valence-electron chi connectivity index (χ2n) is 7.52. The number of nitrogens with zero attached hydrogens (tertiary/aromatic N) is 4. The maximum atomic E-state index is 14.1. The van der Waals surface area contributed by atoms with E-state index in [9.17, 15) is 17.2 Å². The third-order valence-corrected chi connectivity index (χ3v) is 6.03. The Labute approximate surface area is 194 Å². The van der Waals surface area contributed by atoms with Gasteiger partial charge in [-0.25, -0.2) is 31.7 Å². The summed E-state index contributed by atoms with van der Waals surface area (Å²) in [4.78, 5) is 8.03. The van der Waals surface area contributed by atoms with Gasteiger partial charge in [-0.1, -0.05) is 25.7 Å². The number of sulfonamides is 1. The Morgan fingerprint density at radius 2 is 1.94 bits per heavy atom. The number of methoxy groups -OCH3 is 1. The molecule has 11 heteroatoms. The molecular weight excluding hydrogens is 464 g/mol. The molecule has 0 saturated carbocycles. The van der Waals surface area contributed by atoms with Gasteiger partial charge in [-0.15, -0.1) is 0 Å². The van der Waals surface area contributed by atoms with Gasteiger partial charge in [0.15, 0.2) is 5.65 Å². The zero-order chi connectivity index (χ0) is 24.5. The summed E-state index contributed by atoms with van der Waals surface area (Å²) in [5.74, 6) is 4.14. The molecule has 3 aromatic heterocycles. The minimum atomic E-state index is -4.40. The quantitative estimate of drug-likeness (QED) is 0.433. The van der Waals surface area contributed by atoms with E-state index in [1.54, 1.807) is 23.0 Å². The number of rotatable bonds is 5. The number of aromatic nitrogens is 4. The summed E-state index contributed by atoms with van der Waals surface area (Å²) in [5, 5.41) is 4.23. The first kappa shape index (κ1) is 23.1. The van der Waals surface area contributed by atoms with E-state index >= 15 is 0 Å². The molecule has 1 N–H and O–H groups in total. The molecule has 8 nitrogen and oxygen atoms in total. The predicted octanol–water partition coefficient (Wildman–Crippen LogP) is 3.89. The van der Waals surface area contributed by atoms with Crippen molar-refractivity contribution in [2.24, 2.45) is 5.92 Å². The van der Waals surface area contributed by atoms with Crippen molar-refractivity contribution in [3.63, 3.8) is 0 Å². The Morgan fingerprint density at radius 3 is 2.65 bits per heavy atom. The van der Waals surface area contributed by atoms with Gasteiger partial charge in [-0.3, -0.25) is 4.72 Å². The maximum Gasteiger partial charge on any atom is 0.264 e. The van der Waals surface area contributed by atoms with Crippen LogP contribution in [0.15, 0.2) is 53.8 Å². The fourth-order valence-corrected chi connectivity index (χ4v) is 4.17. The van der Waals surface area contributed by atoms with Gasteiger partial charge >= 0.3 is 0 Å². The maximum absolute atomic E-state index is 14.1. The summed E-state index contributed by atoms with van der Waals surface area (Å²) in [6.07, 6.45) is 4.77. The summed E-state index contributed by atoms with van der Waals surface area (Å²) in [7, 11) is -3.09. The molecular formula is C23H19F2N5O3S. The number of hydrogen-bond donors (Lipinski definition) is 1. The van der Waals surface area contributed by atoms with Crippen LogP contribution in [0, 0.1) is 29.4 Å². The number of nitrogens with one attached hydrogen (secondary N) is 1. The van der Waals surface area contributed by atoms with Crippen LogP contribution < -0.4 is 9.46 Å². The van der Waals surface area contributed by atoms with Crippen molar-refractivity contribution >= 4 is 21.4 Å². The van der Waals surface area contributed by atoms with Crippen LogP contribution in [0.2, 0.25) is 0 Å². The molecule has 0 radical (unpaired) electrons. The lowest BCUT2D eigenvalue weighted by molar-refractivity contribution is 0.400. The molecule has 0 saturated heterocycles. The Hall–Kier alpha value is -4.04. The van der Waals surface area contributed by atoms with Crippen LogP contribution in [0.4, 0.5) is 14.5 Å². The monoisotopic (exact) mass is 483 g/mol. The molecule has 0 aliphatic carbocycles. The second-order valence-corrected chi connectivity index (χ2v) is 9.18. The van der Waals surface area contributed by atoms with Crippen molar-refractivity contribution in [1.29, 1.82) is 0 Å². The van der Waals surface area contributed by atoms with E-state index in [0.29, 0.717) is 28.5 Å². The summed E-state index contributed by atoms with van der Waals surface area (Å²) in [6, 6.07) is 5.32. The van der Waals surface area contributed by atoms with Crippen LogP contribution in [-0.4, -0.2) is 35.1 Å². The molecule has 1 aromatic carbocycles. The lowest BCUT2D eigenvalue weighted by Crippen LogP contribution is -2.16. The molecule has 0 unspecified atom stereocenters. The Bertz CT molecular complexity index is 1560. The van der Waals surface area contributed by atoms with E-state index in [1.165, 1.54) is 19.4 Å². The molecule has 3 heterocycles. The van der Waals surface area contributed by atoms with E-state index in [2.05, 4.69) is 31.6 Å². The highest BCUT2D eigenvalue weighted by atomic mass is 32.2.